The number of nitrogens with one attached hydrogen (secondary N) is 3. The van der Waals surface area contributed by atoms with Crippen LogP contribution in [0.5, 0.6) is 0 Å². The number of nitrogens with zero attached hydrogens (tertiary/aromatic N) is 6. The number of aromatic nitrogens is 4. The molecule has 2 aromatic heterocycles. The Bertz CT molecular complexity index is 1630. The van der Waals surface area contributed by atoms with Crippen molar-refractivity contribution in [1.29, 1.82) is 0 Å². The molecule has 15 heteroatoms. The Morgan fingerprint density at radius 1 is 0.933 bits per heavy atom. The van der Waals surface area contributed by atoms with Crippen molar-refractivity contribution in [3.63, 3.8) is 0 Å². The van der Waals surface area contributed by atoms with Gasteiger partial charge in [0.15, 0.2) is 5.65 Å². The van der Waals surface area contributed by atoms with Crippen LogP contribution in [0.25, 0.3) is 11.2 Å². The lowest BCUT2D eigenvalue weighted by Crippen LogP contribution is -2.49. The van der Waals surface area contributed by atoms with Crippen molar-refractivity contribution >= 4 is 44.7 Å². The number of benzene rings is 1. The van der Waals surface area contributed by atoms with Gasteiger partial charge in [-0.25, -0.2) is 31.9 Å². The Morgan fingerprint density at radius 3 is 2.29 bits per heavy atom. The van der Waals surface area contributed by atoms with E-state index < -0.39 is 21.7 Å². The average molecular weight is 646 g/mol. The lowest BCUT2D eigenvalue weighted by Gasteiger charge is -2.37. The molecule has 12 nitrogen and oxygen atoms in total. The van der Waals surface area contributed by atoms with Crippen LogP contribution in [-0.4, -0.2) is 95.2 Å². The number of anilines is 3. The van der Waals surface area contributed by atoms with Gasteiger partial charge < -0.3 is 20.4 Å². The van der Waals surface area contributed by atoms with Crippen molar-refractivity contribution in [3.8, 4) is 0 Å². The summed E-state index contributed by atoms with van der Waals surface area (Å²) in [4.78, 5) is 31.6. The van der Waals surface area contributed by atoms with Gasteiger partial charge >= 0.3 is 0 Å². The standard InChI is InChI=1S/C30H41F2N9O3S/c1-39-13-15-40(16-14-39)28(42)19-3-10-23(11-4-19)41-27-26(36-30(41)35-25-12-5-20(31)17-24(25)32)18-33-29(37-27)34-21-6-8-22(9-7-21)38-45(2,43)44/h5,12,17-19,21-23,38H,3-4,6-11,13-16H2,1-2H3,(H,35,36)(H,33,34,37). The van der Waals surface area contributed by atoms with E-state index in [1.165, 1.54) is 18.4 Å². The van der Waals surface area contributed by atoms with Crippen molar-refractivity contribution < 1.29 is 22.0 Å². The first-order valence-corrected chi connectivity index (χ1v) is 17.6. The highest BCUT2D eigenvalue weighted by Gasteiger charge is 2.33. The Labute approximate surface area is 262 Å². The number of likely N-dealkylation sites (N-methyl/N-ethyl adjacent to an activating group) is 1. The number of hydrogen-bond donors (Lipinski definition) is 3. The van der Waals surface area contributed by atoms with Gasteiger partial charge in [-0.15, -0.1) is 0 Å². The van der Waals surface area contributed by atoms with E-state index in [4.69, 9.17) is 9.97 Å². The zero-order chi connectivity index (χ0) is 31.7. The minimum Gasteiger partial charge on any atom is -0.351 e. The highest BCUT2D eigenvalue weighted by atomic mass is 32.2. The van der Waals surface area contributed by atoms with Crippen molar-refractivity contribution in [2.24, 2.45) is 5.92 Å². The molecule has 3 aliphatic rings. The lowest BCUT2D eigenvalue weighted by atomic mass is 9.85. The molecular formula is C30H41F2N9O3S. The SMILES string of the molecule is CN1CCN(C(=O)C2CCC(n3c(Nc4ccc(F)cc4F)nc4cnc(NC5CCC(NS(C)(=O)=O)CC5)nc43)CC2)CC1. The van der Waals surface area contributed by atoms with E-state index in [0.29, 0.717) is 35.9 Å². The van der Waals surface area contributed by atoms with E-state index in [0.717, 1.165) is 70.8 Å². The fraction of sp³-hybridized carbons (Fsp3) is 0.600. The van der Waals surface area contributed by atoms with Gasteiger partial charge in [-0.1, -0.05) is 0 Å². The topological polar surface area (TPSA) is 137 Å². The maximum absolute atomic E-state index is 14.7. The van der Waals surface area contributed by atoms with Crippen LogP contribution in [0, 0.1) is 17.6 Å². The smallest absolute Gasteiger partial charge is 0.225 e. The lowest BCUT2D eigenvalue weighted by molar-refractivity contribution is -0.138. The fourth-order valence-corrected chi connectivity index (χ4v) is 7.65. The summed E-state index contributed by atoms with van der Waals surface area (Å²) in [5.74, 6) is -0.407. The molecule has 1 amide bonds. The molecule has 0 unspecified atom stereocenters. The molecule has 3 heterocycles. The van der Waals surface area contributed by atoms with Crippen LogP contribution in [0.3, 0.4) is 0 Å². The second-order valence-corrected chi connectivity index (χ2v) is 14.5. The molecule has 45 heavy (non-hydrogen) atoms. The third-order valence-corrected chi connectivity index (χ3v) is 10.0. The number of amides is 1. The second kappa shape index (κ2) is 13.1. The summed E-state index contributed by atoms with van der Waals surface area (Å²) in [7, 11) is -1.19. The van der Waals surface area contributed by atoms with E-state index in [9.17, 15) is 22.0 Å². The highest BCUT2D eigenvalue weighted by Crippen LogP contribution is 2.38. The molecule has 3 aromatic rings. The summed E-state index contributed by atoms with van der Waals surface area (Å²) >= 11 is 0. The summed E-state index contributed by atoms with van der Waals surface area (Å²) in [5, 5.41) is 6.46. The fourth-order valence-electron chi connectivity index (χ4n) is 6.81. The Balaban J connectivity index is 1.22. The molecule has 0 radical (unpaired) electrons. The van der Waals surface area contributed by atoms with Crippen molar-refractivity contribution in [2.75, 3.05) is 50.1 Å². The third kappa shape index (κ3) is 7.52. The molecular weight excluding hydrogens is 604 g/mol. The molecule has 0 atom stereocenters. The molecule has 6 rings (SSSR count). The summed E-state index contributed by atoms with van der Waals surface area (Å²) < 4.78 is 56.2. The number of carbonyl (C=O) groups is 1. The molecule has 0 spiro atoms. The van der Waals surface area contributed by atoms with Crippen LogP contribution in [0.1, 0.15) is 57.4 Å². The van der Waals surface area contributed by atoms with Gasteiger partial charge in [0, 0.05) is 56.3 Å². The van der Waals surface area contributed by atoms with Crippen molar-refractivity contribution in [1.82, 2.24) is 34.0 Å². The average Bonchev–Trinajstić information content (AvgIpc) is 3.36. The Morgan fingerprint density at radius 2 is 1.62 bits per heavy atom. The first kappa shape index (κ1) is 31.5. The maximum atomic E-state index is 14.7. The number of carbonyl (C=O) groups excluding carboxylic acids is 1. The maximum Gasteiger partial charge on any atom is 0.225 e. The van der Waals surface area contributed by atoms with Crippen LogP contribution in [0.4, 0.5) is 26.4 Å². The summed E-state index contributed by atoms with van der Waals surface area (Å²) in [6, 6.07) is 3.31. The first-order chi connectivity index (χ1) is 21.5. The van der Waals surface area contributed by atoms with Crippen LogP contribution in [0.2, 0.25) is 0 Å². The molecule has 1 saturated heterocycles. The number of hydrogen-bond acceptors (Lipinski definition) is 9. The quantitative estimate of drug-likeness (QED) is 0.336. The van der Waals surface area contributed by atoms with Gasteiger partial charge in [-0.05, 0) is 70.5 Å². The Kier molecular flexibility index (Phi) is 9.20. The second-order valence-electron chi connectivity index (χ2n) is 12.7. The van der Waals surface area contributed by atoms with Gasteiger partial charge in [0.05, 0.1) is 18.1 Å². The molecule has 0 bridgehead atoms. The number of rotatable bonds is 8. The summed E-state index contributed by atoms with van der Waals surface area (Å²) in [6.45, 7) is 3.26. The van der Waals surface area contributed by atoms with Crippen molar-refractivity contribution in [2.45, 2.75) is 69.5 Å². The van der Waals surface area contributed by atoms with Gasteiger partial charge in [0.1, 0.15) is 17.2 Å². The predicted molar refractivity (Wildman–Crippen MR) is 168 cm³/mol. The normalized spacial score (nSPS) is 24.9. The zero-order valence-corrected chi connectivity index (χ0v) is 26.5. The number of sulfonamides is 1. The molecule has 3 N–H and O–H groups in total. The predicted octanol–water partition coefficient (Wildman–Crippen LogP) is 3.63. The molecule has 1 aliphatic heterocycles. The molecule has 2 saturated carbocycles. The van der Waals surface area contributed by atoms with Crippen LogP contribution in [-0.2, 0) is 14.8 Å². The van der Waals surface area contributed by atoms with Crippen LogP contribution >= 0.6 is 0 Å². The molecule has 244 valence electrons. The number of piperazine rings is 1. The van der Waals surface area contributed by atoms with E-state index in [-0.39, 0.29) is 35.6 Å². The van der Waals surface area contributed by atoms with Gasteiger partial charge in [0.25, 0.3) is 0 Å². The summed E-state index contributed by atoms with van der Waals surface area (Å²) in [6.07, 6.45) is 8.63. The van der Waals surface area contributed by atoms with E-state index in [1.54, 1.807) is 6.20 Å². The van der Waals surface area contributed by atoms with Gasteiger partial charge in [0.2, 0.25) is 27.8 Å². The zero-order valence-electron chi connectivity index (χ0n) is 25.7. The monoisotopic (exact) mass is 645 g/mol. The minimum atomic E-state index is -3.26. The molecule has 1 aromatic carbocycles. The summed E-state index contributed by atoms with van der Waals surface area (Å²) in [5.41, 5.74) is 1.21. The van der Waals surface area contributed by atoms with Crippen LogP contribution < -0.4 is 15.4 Å². The molecule has 2 aliphatic carbocycles. The van der Waals surface area contributed by atoms with Crippen LogP contribution in [0.15, 0.2) is 24.4 Å². The molecule has 3 fully saturated rings. The van der Waals surface area contributed by atoms with Crippen molar-refractivity contribution in [3.05, 3.63) is 36.0 Å². The minimum absolute atomic E-state index is 0.0374. The highest BCUT2D eigenvalue weighted by molar-refractivity contribution is 7.88. The van der Waals surface area contributed by atoms with Gasteiger partial charge in [-0.2, -0.15) is 4.98 Å². The third-order valence-electron chi connectivity index (χ3n) is 9.28. The van der Waals surface area contributed by atoms with E-state index in [1.807, 2.05) is 9.47 Å². The number of halogens is 2. The number of imidazole rings is 1. The Hall–Kier alpha value is -3.43. The van der Waals surface area contributed by atoms with Gasteiger partial charge in [-0.3, -0.25) is 9.36 Å². The number of fused-ring (bicyclic) bond motifs is 1. The largest absolute Gasteiger partial charge is 0.351 e. The van der Waals surface area contributed by atoms with E-state index >= 15 is 0 Å². The first-order valence-electron chi connectivity index (χ1n) is 15.7. The van der Waals surface area contributed by atoms with E-state index in [2.05, 4.69) is 32.3 Å².